The van der Waals surface area contributed by atoms with Crippen LogP contribution in [0.25, 0.3) is 0 Å². The zero-order valence-corrected chi connectivity index (χ0v) is 15.9. The Morgan fingerprint density at radius 3 is 2.83 bits per heavy atom. The van der Waals surface area contributed by atoms with Crippen molar-refractivity contribution in [3.05, 3.63) is 42.1 Å². The van der Waals surface area contributed by atoms with Gasteiger partial charge in [0.25, 0.3) is 0 Å². The molecule has 0 aromatic heterocycles. The van der Waals surface area contributed by atoms with E-state index < -0.39 is 11.4 Å². The second-order valence-corrected chi connectivity index (χ2v) is 6.97. The van der Waals surface area contributed by atoms with Gasteiger partial charge in [0.2, 0.25) is 0 Å². The van der Waals surface area contributed by atoms with Gasteiger partial charge in [0.05, 0.1) is 23.5 Å². The molecule has 0 radical (unpaired) electrons. The van der Waals surface area contributed by atoms with Crippen LogP contribution < -0.4 is 10.5 Å². The topological polar surface area (TPSA) is 73.9 Å². The number of benzene rings is 1. The normalized spacial score (nSPS) is 14.1. The van der Waals surface area contributed by atoms with Crippen molar-refractivity contribution in [2.45, 2.75) is 26.7 Å². The second-order valence-electron chi connectivity index (χ2n) is 5.94. The van der Waals surface area contributed by atoms with Crippen molar-refractivity contribution in [3.63, 3.8) is 0 Å². The van der Waals surface area contributed by atoms with Crippen LogP contribution in [-0.4, -0.2) is 41.7 Å². The van der Waals surface area contributed by atoms with Gasteiger partial charge < -0.3 is 19.9 Å². The summed E-state index contributed by atoms with van der Waals surface area (Å²) >= 11 is -1.35. The summed E-state index contributed by atoms with van der Waals surface area (Å²) < 4.78 is 21.4. The molecule has 0 aliphatic heterocycles. The van der Waals surface area contributed by atoms with Crippen LogP contribution in [0.15, 0.2) is 35.4 Å². The second kappa shape index (κ2) is 10.3. The minimum Gasteiger partial charge on any atom is -0.591 e. The van der Waals surface area contributed by atoms with Crippen molar-refractivity contribution in [2.75, 3.05) is 26.5 Å². The summed E-state index contributed by atoms with van der Waals surface area (Å²) in [6.07, 6.45) is 5.48. The lowest BCUT2D eigenvalue weighted by Gasteiger charge is -2.23. The van der Waals surface area contributed by atoms with Crippen molar-refractivity contribution >= 4 is 17.2 Å². The van der Waals surface area contributed by atoms with Crippen LogP contribution in [-0.2, 0) is 11.4 Å². The van der Waals surface area contributed by atoms with Crippen LogP contribution in [0.1, 0.15) is 30.9 Å². The van der Waals surface area contributed by atoms with Gasteiger partial charge in [0.15, 0.2) is 5.84 Å². The summed E-state index contributed by atoms with van der Waals surface area (Å²) in [4.78, 5) is 2.07. The van der Waals surface area contributed by atoms with Crippen LogP contribution in [0.3, 0.4) is 0 Å². The highest BCUT2D eigenvalue weighted by molar-refractivity contribution is 7.89. The van der Waals surface area contributed by atoms with E-state index in [1.54, 1.807) is 0 Å². The summed E-state index contributed by atoms with van der Waals surface area (Å²) in [5.41, 5.74) is 7.70. The third kappa shape index (κ3) is 6.45. The monoisotopic (exact) mass is 351 g/mol. The molecule has 2 N–H and O–H groups in total. The maximum Gasteiger partial charge on any atom is 0.186 e. The van der Waals surface area contributed by atoms with Crippen molar-refractivity contribution in [1.82, 2.24) is 4.90 Å². The van der Waals surface area contributed by atoms with E-state index in [9.17, 15) is 4.55 Å². The first-order chi connectivity index (χ1) is 11.4. The molecule has 0 spiro atoms. The lowest BCUT2D eigenvalue weighted by atomic mass is 10.0. The smallest absolute Gasteiger partial charge is 0.186 e. The van der Waals surface area contributed by atoms with Crippen LogP contribution in [0.2, 0.25) is 0 Å². The van der Waals surface area contributed by atoms with Gasteiger partial charge in [0.1, 0.15) is 12.0 Å². The Morgan fingerprint density at radius 1 is 1.54 bits per heavy atom. The molecule has 0 aliphatic carbocycles. The van der Waals surface area contributed by atoms with Gasteiger partial charge in [-0.25, -0.2) is 0 Å². The molecular weight excluding hydrogens is 322 g/mol. The minimum absolute atomic E-state index is 0.249. The van der Waals surface area contributed by atoms with Crippen molar-refractivity contribution in [2.24, 2.45) is 16.0 Å². The molecule has 1 aromatic rings. The molecule has 2 atom stereocenters. The molecule has 1 rings (SSSR count). The van der Waals surface area contributed by atoms with Gasteiger partial charge in [-0.1, -0.05) is 32.1 Å². The van der Waals surface area contributed by atoms with Gasteiger partial charge in [0, 0.05) is 19.5 Å². The first-order valence-electron chi connectivity index (χ1n) is 8.12. The molecule has 0 heterocycles. The maximum absolute atomic E-state index is 11.3. The molecule has 0 fully saturated rings. The quantitative estimate of drug-likeness (QED) is 0.400. The molecule has 6 heteroatoms. The van der Waals surface area contributed by atoms with Crippen molar-refractivity contribution in [1.29, 1.82) is 0 Å². The van der Waals surface area contributed by atoms with Crippen molar-refractivity contribution in [3.8, 4) is 5.75 Å². The molecule has 1 unspecified atom stereocenters. The van der Waals surface area contributed by atoms with E-state index in [0.717, 1.165) is 30.5 Å². The third-order valence-electron chi connectivity index (χ3n) is 3.75. The van der Waals surface area contributed by atoms with E-state index in [0.29, 0.717) is 18.3 Å². The van der Waals surface area contributed by atoms with E-state index in [1.807, 2.05) is 38.4 Å². The molecule has 0 saturated heterocycles. The average molecular weight is 352 g/mol. The molecule has 0 aliphatic rings. The molecule has 0 bridgehead atoms. The number of aryl methyl sites for hydroxylation is 1. The Balaban J connectivity index is 2.93. The zero-order chi connectivity index (χ0) is 18.1. The van der Waals surface area contributed by atoms with E-state index in [1.165, 1.54) is 6.26 Å². The number of nitrogens with zero attached hydrogens (tertiary/aromatic N) is 2. The van der Waals surface area contributed by atoms with E-state index in [2.05, 4.69) is 22.8 Å². The summed E-state index contributed by atoms with van der Waals surface area (Å²) in [5.74, 6) is 1.33. The van der Waals surface area contributed by atoms with Crippen molar-refractivity contribution < 1.29 is 9.29 Å². The SMILES string of the molecule is C=CN(C)C[C@H](CCC)COc1cccc(C)c1C(N)=N[S+](C)[O-]. The summed E-state index contributed by atoms with van der Waals surface area (Å²) in [7, 11) is 2.01. The number of rotatable bonds is 10. The standard InChI is InChI=1S/C18H29N3O2S/c1-6-9-15(12-21(4)7-2)13-23-16-11-8-10-14(3)17(16)18(19)20-24(5)22/h7-8,10-11,15H,2,6,9,12-13H2,1,3-5H3,(H2,19,20)/t15-,24?/m0/s1. The molecule has 0 saturated carbocycles. The van der Waals surface area contributed by atoms with E-state index in [-0.39, 0.29) is 5.84 Å². The number of ether oxygens (including phenoxy) is 1. The Labute approximate surface area is 148 Å². The molecular formula is C18H29N3O2S. The number of amidine groups is 1. The lowest BCUT2D eigenvalue weighted by molar-refractivity contribution is 0.208. The summed E-state index contributed by atoms with van der Waals surface area (Å²) in [5, 5.41) is 0. The lowest BCUT2D eigenvalue weighted by Crippen LogP contribution is -2.26. The first kappa shape index (κ1) is 20.4. The average Bonchev–Trinajstić information content (AvgIpc) is 2.51. The Bertz CT molecular complexity index is 561. The van der Waals surface area contributed by atoms with E-state index in [4.69, 9.17) is 10.5 Å². The summed E-state index contributed by atoms with van der Waals surface area (Å²) in [6.45, 7) is 9.38. The molecule has 0 amide bonds. The summed E-state index contributed by atoms with van der Waals surface area (Å²) in [6, 6.07) is 5.75. The predicted molar refractivity (Wildman–Crippen MR) is 103 cm³/mol. The highest BCUT2D eigenvalue weighted by atomic mass is 32.2. The number of hydrogen-bond donors (Lipinski definition) is 1. The maximum atomic E-state index is 11.3. The van der Waals surface area contributed by atoms with E-state index >= 15 is 0 Å². The Kier molecular flexibility index (Phi) is 8.71. The number of nitrogens with two attached hydrogens (primary N) is 1. The van der Waals surface area contributed by atoms with Gasteiger partial charge >= 0.3 is 0 Å². The largest absolute Gasteiger partial charge is 0.591 e. The fraction of sp³-hybridized carbons (Fsp3) is 0.500. The molecule has 134 valence electrons. The Morgan fingerprint density at radius 2 is 2.25 bits per heavy atom. The van der Waals surface area contributed by atoms with Gasteiger partial charge in [-0.2, -0.15) is 0 Å². The fourth-order valence-corrected chi connectivity index (χ4v) is 2.97. The minimum atomic E-state index is -1.35. The van der Waals surface area contributed by atoms with Crippen LogP contribution in [0, 0.1) is 12.8 Å². The van der Waals surface area contributed by atoms with Gasteiger partial charge in [-0.3, -0.25) is 0 Å². The molecule has 5 nitrogen and oxygen atoms in total. The molecule has 24 heavy (non-hydrogen) atoms. The van der Waals surface area contributed by atoms with Crippen LogP contribution in [0.4, 0.5) is 0 Å². The molecule has 1 aromatic carbocycles. The zero-order valence-electron chi connectivity index (χ0n) is 15.1. The van der Waals surface area contributed by atoms with Crippen LogP contribution >= 0.6 is 0 Å². The van der Waals surface area contributed by atoms with Crippen LogP contribution in [0.5, 0.6) is 5.75 Å². The fourth-order valence-electron chi connectivity index (χ4n) is 2.60. The predicted octanol–water partition coefficient (Wildman–Crippen LogP) is 2.86. The number of hydrogen-bond acceptors (Lipinski definition) is 4. The van der Waals surface area contributed by atoms with Gasteiger partial charge in [-0.05, 0) is 35.6 Å². The third-order valence-corrected chi connectivity index (χ3v) is 4.20. The van der Waals surface area contributed by atoms with Gasteiger partial charge in [-0.15, -0.1) is 0 Å². The first-order valence-corrected chi connectivity index (χ1v) is 9.63. The highest BCUT2D eigenvalue weighted by Gasteiger charge is 2.16. The Hall–Kier alpha value is -1.66. The highest BCUT2D eigenvalue weighted by Crippen LogP contribution is 2.23.